The lowest BCUT2D eigenvalue weighted by atomic mass is 10.0. The number of amides is 1. The van der Waals surface area contributed by atoms with Crippen LogP contribution in [0.25, 0.3) is 0 Å². The van der Waals surface area contributed by atoms with Gasteiger partial charge in [0.1, 0.15) is 6.04 Å². The Morgan fingerprint density at radius 2 is 2.16 bits per heavy atom. The van der Waals surface area contributed by atoms with Crippen molar-refractivity contribution in [2.45, 2.75) is 45.7 Å². The van der Waals surface area contributed by atoms with E-state index in [1.807, 2.05) is 26.8 Å². The minimum Gasteiger partial charge on any atom is -0.374 e. The first-order valence-electron chi connectivity index (χ1n) is 6.46. The number of nitrogens with one attached hydrogen (secondary N) is 2. The molecule has 0 bridgehead atoms. The Morgan fingerprint density at radius 3 is 2.74 bits per heavy atom. The quantitative estimate of drug-likeness (QED) is 0.854. The second kappa shape index (κ2) is 6.24. The third-order valence-corrected chi connectivity index (χ3v) is 3.11. The average Bonchev–Trinajstić information content (AvgIpc) is 2.38. The van der Waals surface area contributed by atoms with Gasteiger partial charge in [0.25, 0.3) is 0 Å². The highest BCUT2D eigenvalue weighted by atomic mass is 16.2. The summed E-state index contributed by atoms with van der Waals surface area (Å²) < 4.78 is 0. The SMILES string of the molecule is CCC(C)(C)NC(=O)C(C)Nc1cccc(C#N)c1. The van der Waals surface area contributed by atoms with Crippen LogP contribution in [0.1, 0.15) is 39.7 Å². The van der Waals surface area contributed by atoms with Gasteiger partial charge >= 0.3 is 0 Å². The van der Waals surface area contributed by atoms with Gasteiger partial charge in [0, 0.05) is 11.2 Å². The molecule has 0 fully saturated rings. The number of carbonyl (C=O) groups excluding carboxylic acids is 1. The Balaban J connectivity index is 2.66. The van der Waals surface area contributed by atoms with E-state index in [1.165, 1.54) is 0 Å². The van der Waals surface area contributed by atoms with Crippen LogP contribution in [0, 0.1) is 11.3 Å². The number of nitriles is 1. The fourth-order valence-electron chi connectivity index (χ4n) is 1.52. The van der Waals surface area contributed by atoms with Gasteiger partial charge in [-0.25, -0.2) is 0 Å². The Morgan fingerprint density at radius 1 is 1.47 bits per heavy atom. The predicted octanol–water partition coefficient (Wildman–Crippen LogP) is 2.66. The number of nitrogens with zero attached hydrogens (tertiary/aromatic N) is 1. The molecule has 1 aromatic carbocycles. The second-order valence-corrected chi connectivity index (χ2v) is 5.29. The van der Waals surface area contributed by atoms with Crippen LogP contribution < -0.4 is 10.6 Å². The smallest absolute Gasteiger partial charge is 0.242 e. The summed E-state index contributed by atoms with van der Waals surface area (Å²) in [6.45, 7) is 7.83. The van der Waals surface area contributed by atoms with E-state index in [0.717, 1.165) is 12.1 Å². The van der Waals surface area contributed by atoms with Crippen molar-refractivity contribution in [1.82, 2.24) is 5.32 Å². The Labute approximate surface area is 114 Å². The van der Waals surface area contributed by atoms with E-state index in [4.69, 9.17) is 5.26 Å². The summed E-state index contributed by atoms with van der Waals surface area (Å²) in [7, 11) is 0. The molecular formula is C15H21N3O. The normalized spacial score (nSPS) is 12.4. The molecule has 102 valence electrons. The summed E-state index contributed by atoms with van der Waals surface area (Å²) in [5, 5.41) is 14.9. The molecule has 1 rings (SSSR count). The van der Waals surface area contributed by atoms with Crippen molar-refractivity contribution in [1.29, 1.82) is 5.26 Å². The molecule has 1 amide bonds. The number of benzene rings is 1. The third-order valence-electron chi connectivity index (χ3n) is 3.11. The molecule has 1 aromatic rings. The molecule has 2 N–H and O–H groups in total. The standard InChI is InChI=1S/C15H21N3O/c1-5-15(3,4)18-14(19)11(2)17-13-8-6-7-12(9-13)10-16/h6-9,11,17H,5H2,1-4H3,(H,18,19). The number of anilines is 1. The van der Waals surface area contributed by atoms with Gasteiger partial charge in [0.15, 0.2) is 0 Å². The van der Waals surface area contributed by atoms with E-state index in [9.17, 15) is 4.79 Å². The summed E-state index contributed by atoms with van der Waals surface area (Å²) in [6, 6.07) is 8.83. The van der Waals surface area contributed by atoms with E-state index in [-0.39, 0.29) is 17.5 Å². The van der Waals surface area contributed by atoms with Crippen molar-refractivity contribution >= 4 is 11.6 Å². The lowest BCUT2D eigenvalue weighted by Crippen LogP contribution is -2.48. The molecule has 4 heteroatoms. The fourth-order valence-corrected chi connectivity index (χ4v) is 1.52. The van der Waals surface area contributed by atoms with Crippen molar-refractivity contribution in [2.24, 2.45) is 0 Å². The van der Waals surface area contributed by atoms with E-state index >= 15 is 0 Å². The maximum absolute atomic E-state index is 12.0. The Bertz CT molecular complexity index is 488. The number of rotatable bonds is 5. The molecule has 0 aromatic heterocycles. The minimum absolute atomic E-state index is 0.0470. The lowest BCUT2D eigenvalue weighted by molar-refractivity contribution is -0.123. The largest absolute Gasteiger partial charge is 0.374 e. The third kappa shape index (κ3) is 4.63. The van der Waals surface area contributed by atoms with Crippen LogP contribution in [0.4, 0.5) is 5.69 Å². The number of hydrogen-bond acceptors (Lipinski definition) is 3. The van der Waals surface area contributed by atoms with Gasteiger partial charge in [-0.05, 0) is 45.4 Å². The summed E-state index contributed by atoms with van der Waals surface area (Å²) in [6.07, 6.45) is 0.870. The topological polar surface area (TPSA) is 64.9 Å². The van der Waals surface area contributed by atoms with Gasteiger partial charge in [0.05, 0.1) is 11.6 Å². The van der Waals surface area contributed by atoms with Crippen LogP contribution in [0.15, 0.2) is 24.3 Å². The van der Waals surface area contributed by atoms with Crippen molar-refractivity contribution in [3.8, 4) is 6.07 Å². The van der Waals surface area contributed by atoms with Crippen LogP contribution >= 0.6 is 0 Å². The molecule has 4 nitrogen and oxygen atoms in total. The van der Waals surface area contributed by atoms with Crippen LogP contribution in [0.3, 0.4) is 0 Å². The second-order valence-electron chi connectivity index (χ2n) is 5.29. The summed E-state index contributed by atoms with van der Waals surface area (Å²) >= 11 is 0. The van der Waals surface area contributed by atoms with Crippen LogP contribution in [0.2, 0.25) is 0 Å². The van der Waals surface area contributed by atoms with Crippen molar-refractivity contribution in [3.63, 3.8) is 0 Å². The molecule has 0 saturated carbocycles. The Kier molecular flexibility index (Phi) is 4.94. The summed E-state index contributed by atoms with van der Waals surface area (Å²) in [5.41, 5.74) is 1.14. The summed E-state index contributed by atoms with van der Waals surface area (Å²) in [4.78, 5) is 12.0. The molecule has 0 aliphatic carbocycles. The summed E-state index contributed by atoms with van der Waals surface area (Å²) in [5.74, 6) is -0.0470. The first-order valence-corrected chi connectivity index (χ1v) is 6.46. The molecule has 1 unspecified atom stereocenters. The predicted molar refractivity (Wildman–Crippen MR) is 76.8 cm³/mol. The van der Waals surface area contributed by atoms with Gasteiger partial charge in [-0.2, -0.15) is 5.26 Å². The molecular weight excluding hydrogens is 238 g/mol. The van der Waals surface area contributed by atoms with E-state index in [2.05, 4.69) is 16.7 Å². The molecule has 0 aliphatic heterocycles. The maximum atomic E-state index is 12.0. The molecule has 0 aliphatic rings. The van der Waals surface area contributed by atoms with Crippen LogP contribution in [0.5, 0.6) is 0 Å². The van der Waals surface area contributed by atoms with Gasteiger partial charge < -0.3 is 10.6 Å². The fraction of sp³-hybridized carbons (Fsp3) is 0.467. The number of hydrogen-bond donors (Lipinski definition) is 2. The molecule has 19 heavy (non-hydrogen) atoms. The van der Waals surface area contributed by atoms with Gasteiger partial charge in [0.2, 0.25) is 5.91 Å². The van der Waals surface area contributed by atoms with E-state index in [0.29, 0.717) is 5.56 Å². The molecule has 0 heterocycles. The van der Waals surface area contributed by atoms with Crippen molar-refractivity contribution in [2.75, 3.05) is 5.32 Å². The van der Waals surface area contributed by atoms with E-state index < -0.39 is 0 Å². The Hall–Kier alpha value is -2.02. The monoisotopic (exact) mass is 259 g/mol. The number of carbonyl (C=O) groups is 1. The first kappa shape index (κ1) is 15.0. The van der Waals surface area contributed by atoms with Crippen LogP contribution in [-0.4, -0.2) is 17.5 Å². The molecule has 0 radical (unpaired) electrons. The van der Waals surface area contributed by atoms with Gasteiger partial charge in [-0.1, -0.05) is 13.0 Å². The van der Waals surface area contributed by atoms with Gasteiger partial charge in [-0.3, -0.25) is 4.79 Å². The maximum Gasteiger partial charge on any atom is 0.242 e. The highest BCUT2D eigenvalue weighted by molar-refractivity contribution is 5.84. The lowest BCUT2D eigenvalue weighted by Gasteiger charge is -2.27. The first-order chi connectivity index (χ1) is 8.88. The molecule has 0 spiro atoms. The minimum atomic E-state index is -0.347. The molecule has 1 atom stereocenters. The zero-order valence-electron chi connectivity index (χ0n) is 11.9. The van der Waals surface area contributed by atoms with Gasteiger partial charge in [-0.15, -0.1) is 0 Å². The zero-order chi connectivity index (χ0) is 14.5. The molecule has 0 saturated heterocycles. The average molecular weight is 259 g/mol. The van der Waals surface area contributed by atoms with Crippen molar-refractivity contribution in [3.05, 3.63) is 29.8 Å². The van der Waals surface area contributed by atoms with E-state index in [1.54, 1.807) is 25.1 Å². The van der Waals surface area contributed by atoms with Crippen molar-refractivity contribution < 1.29 is 4.79 Å². The van der Waals surface area contributed by atoms with Crippen LogP contribution in [-0.2, 0) is 4.79 Å². The zero-order valence-corrected chi connectivity index (χ0v) is 11.9. The highest BCUT2D eigenvalue weighted by Gasteiger charge is 2.21. The highest BCUT2D eigenvalue weighted by Crippen LogP contribution is 2.12.